The Bertz CT molecular complexity index is 219. The molecule has 1 aliphatic rings. The maximum Gasteiger partial charge on any atom is 0.241 e. The van der Waals surface area contributed by atoms with Crippen molar-refractivity contribution in [2.24, 2.45) is 0 Å². The van der Waals surface area contributed by atoms with Gasteiger partial charge < -0.3 is 4.90 Å². The van der Waals surface area contributed by atoms with Crippen LogP contribution in [0.3, 0.4) is 0 Å². The summed E-state index contributed by atoms with van der Waals surface area (Å²) < 4.78 is 0. The molecule has 1 N–H and O–H groups in total. The highest BCUT2D eigenvalue weighted by Crippen LogP contribution is 2.11. The van der Waals surface area contributed by atoms with E-state index < -0.39 is 0 Å². The van der Waals surface area contributed by atoms with Gasteiger partial charge in [-0.2, -0.15) is 0 Å². The molecular weight excluding hydrogens is 232 g/mol. The van der Waals surface area contributed by atoms with E-state index in [2.05, 4.69) is 18.5 Å². The summed E-state index contributed by atoms with van der Waals surface area (Å²) in [7, 11) is 0. The molecule has 0 aliphatic carbocycles. The summed E-state index contributed by atoms with van der Waals surface area (Å²) in [6.07, 6.45) is 3.48. The number of hydrogen-bond acceptors (Lipinski definition) is 3. The normalized spacial score (nSPS) is 19.1. The molecule has 1 fully saturated rings. The molecule has 0 aromatic carbocycles. The molecule has 1 rings (SSSR count). The number of thioether (sulfide) groups is 1. The number of carbonyl (C=O) groups excluding carboxylic acids is 1. The first-order valence-electron chi connectivity index (χ1n) is 4.61. The number of nitrogens with one attached hydrogen (secondary N) is 1. The van der Waals surface area contributed by atoms with Crippen LogP contribution < -0.4 is 5.32 Å². The van der Waals surface area contributed by atoms with Crippen LogP contribution in [0.15, 0.2) is 25.3 Å². The molecule has 1 atom stereocenters. The first-order valence-corrected chi connectivity index (χ1v) is 5.76. The molecule has 0 bridgehead atoms. The van der Waals surface area contributed by atoms with E-state index in [1.54, 1.807) is 28.8 Å². The van der Waals surface area contributed by atoms with Crippen LogP contribution in [0.25, 0.3) is 0 Å². The van der Waals surface area contributed by atoms with Crippen LogP contribution in [-0.2, 0) is 4.79 Å². The standard InChI is InChI=1S/C10H16N2OS.ClH/c1-3-5-12(6-4-2)10(13)9-7-14-8-11-9;/h3-4,9,11H,1-2,5-8H2;1H/t9-;/m1./s1. The number of carbonyl (C=O) groups is 1. The number of amides is 1. The van der Waals surface area contributed by atoms with E-state index in [0.717, 1.165) is 11.6 Å². The van der Waals surface area contributed by atoms with Crippen LogP contribution in [-0.4, -0.2) is 41.6 Å². The van der Waals surface area contributed by atoms with Gasteiger partial charge in [0.2, 0.25) is 5.91 Å². The zero-order chi connectivity index (χ0) is 10.4. The molecule has 1 heterocycles. The third-order valence-corrected chi connectivity index (χ3v) is 2.96. The fourth-order valence-electron chi connectivity index (χ4n) is 1.34. The van der Waals surface area contributed by atoms with Crippen LogP contribution in [0.5, 0.6) is 0 Å². The molecule has 0 aromatic heterocycles. The molecule has 1 aliphatic heterocycles. The first-order chi connectivity index (χ1) is 6.79. The molecule has 1 saturated heterocycles. The molecule has 3 nitrogen and oxygen atoms in total. The van der Waals surface area contributed by atoms with E-state index in [1.165, 1.54) is 0 Å². The van der Waals surface area contributed by atoms with Gasteiger partial charge in [-0.25, -0.2) is 0 Å². The Labute approximate surface area is 101 Å². The van der Waals surface area contributed by atoms with Crippen LogP contribution in [0.4, 0.5) is 0 Å². The van der Waals surface area contributed by atoms with Crippen molar-refractivity contribution in [1.29, 1.82) is 0 Å². The van der Waals surface area contributed by atoms with Crippen molar-refractivity contribution in [2.45, 2.75) is 6.04 Å². The number of halogens is 1. The molecule has 0 aromatic rings. The van der Waals surface area contributed by atoms with Gasteiger partial charge in [-0.1, -0.05) is 12.2 Å². The first kappa shape index (κ1) is 14.6. The fraction of sp³-hybridized carbons (Fsp3) is 0.500. The maximum absolute atomic E-state index is 11.9. The van der Waals surface area contributed by atoms with Crippen LogP contribution in [0.2, 0.25) is 0 Å². The van der Waals surface area contributed by atoms with Gasteiger partial charge in [0.25, 0.3) is 0 Å². The van der Waals surface area contributed by atoms with Gasteiger partial charge in [0, 0.05) is 24.7 Å². The van der Waals surface area contributed by atoms with Crippen LogP contribution in [0.1, 0.15) is 0 Å². The van der Waals surface area contributed by atoms with E-state index in [4.69, 9.17) is 0 Å². The van der Waals surface area contributed by atoms with Crippen molar-refractivity contribution in [3.05, 3.63) is 25.3 Å². The molecule has 0 radical (unpaired) electrons. The monoisotopic (exact) mass is 248 g/mol. The molecular formula is C10H17ClN2OS. The molecule has 0 unspecified atom stereocenters. The Hall–Kier alpha value is -0.450. The van der Waals surface area contributed by atoms with E-state index >= 15 is 0 Å². The highest BCUT2D eigenvalue weighted by Gasteiger charge is 2.25. The Morgan fingerprint density at radius 1 is 1.47 bits per heavy atom. The van der Waals surface area contributed by atoms with E-state index in [1.807, 2.05) is 0 Å². The summed E-state index contributed by atoms with van der Waals surface area (Å²) in [6, 6.07) is -0.0279. The fourth-order valence-corrected chi connectivity index (χ4v) is 2.27. The van der Waals surface area contributed by atoms with E-state index in [-0.39, 0.29) is 24.4 Å². The SMILES string of the molecule is C=CCN(CC=C)C(=O)[C@H]1CSCN1.Cl. The number of nitrogens with zero attached hydrogens (tertiary/aromatic N) is 1. The van der Waals surface area contributed by atoms with Gasteiger partial charge in [0.05, 0.1) is 6.04 Å². The smallest absolute Gasteiger partial charge is 0.241 e. The minimum Gasteiger partial charge on any atom is -0.334 e. The van der Waals surface area contributed by atoms with Gasteiger partial charge in [-0.15, -0.1) is 37.3 Å². The largest absolute Gasteiger partial charge is 0.334 e. The Kier molecular flexibility index (Phi) is 7.56. The molecule has 5 heteroatoms. The van der Waals surface area contributed by atoms with E-state index in [0.29, 0.717) is 13.1 Å². The third kappa shape index (κ3) is 4.28. The average Bonchev–Trinajstić information content (AvgIpc) is 2.69. The summed E-state index contributed by atoms with van der Waals surface area (Å²) in [5, 5.41) is 3.16. The lowest BCUT2D eigenvalue weighted by Gasteiger charge is -2.22. The molecule has 15 heavy (non-hydrogen) atoms. The highest BCUT2D eigenvalue weighted by molar-refractivity contribution is 7.99. The lowest BCUT2D eigenvalue weighted by atomic mass is 10.3. The molecule has 0 saturated carbocycles. The Balaban J connectivity index is 0.00000196. The van der Waals surface area contributed by atoms with Gasteiger partial charge in [0.15, 0.2) is 0 Å². The van der Waals surface area contributed by atoms with Crippen molar-refractivity contribution in [1.82, 2.24) is 10.2 Å². The van der Waals surface area contributed by atoms with Crippen molar-refractivity contribution in [3.8, 4) is 0 Å². The van der Waals surface area contributed by atoms with Gasteiger partial charge in [-0.05, 0) is 0 Å². The summed E-state index contributed by atoms with van der Waals surface area (Å²) in [5.74, 6) is 1.88. The molecule has 86 valence electrons. The lowest BCUT2D eigenvalue weighted by Crippen LogP contribution is -2.45. The average molecular weight is 249 g/mol. The minimum atomic E-state index is -0.0279. The predicted molar refractivity (Wildman–Crippen MR) is 68.5 cm³/mol. The third-order valence-electron chi connectivity index (χ3n) is 2.03. The summed E-state index contributed by atoms with van der Waals surface area (Å²) in [6.45, 7) is 8.46. The van der Waals surface area contributed by atoms with Crippen molar-refractivity contribution < 1.29 is 4.79 Å². The molecule has 0 spiro atoms. The minimum absolute atomic E-state index is 0. The zero-order valence-electron chi connectivity index (χ0n) is 8.65. The van der Waals surface area contributed by atoms with Gasteiger partial charge in [0.1, 0.15) is 0 Å². The van der Waals surface area contributed by atoms with Crippen molar-refractivity contribution in [2.75, 3.05) is 24.7 Å². The maximum atomic E-state index is 11.9. The second-order valence-corrected chi connectivity index (χ2v) is 4.12. The highest BCUT2D eigenvalue weighted by atomic mass is 35.5. The number of hydrogen-bond donors (Lipinski definition) is 1. The quantitative estimate of drug-likeness (QED) is 0.744. The van der Waals surface area contributed by atoms with Gasteiger partial charge >= 0.3 is 0 Å². The number of rotatable bonds is 5. The Morgan fingerprint density at radius 3 is 2.47 bits per heavy atom. The molecule has 1 amide bonds. The summed E-state index contributed by atoms with van der Waals surface area (Å²) in [4.78, 5) is 13.6. The van der Waals surface area contributed by atoms with Gasteiger partial charge in [-0.3, -0.25) is 10.1 Å². The van der Waals surface area contributed by atoms with Crippen molar-refractivity contribution in [3.63, 3.8) is 0 Å². The Morgan fingerprint density at radius 2 is 2.07 bits per heavy atom. The lowest BCUT2D eigenvalue weighted by molar-refractivity contribution is -0.131. The second kappa shape index (κ2) is 7.79. The predicted octanol–water partition coefficient (Wildman–Crippen LogP) is 1.27. The zero-order valence-corrected chi connectivity index (χ0v) is 10.3. The summed E-state index contributed by atoms with van der Waals surface area (Å²) >= 11 is 1.75. The summed E-state index contributed by atoms with van der Waals surface area (Å²) in [5.41, 5.74) is 0. The van der Waals surface area contributed by atoms with Crippen molar-refractivity contribution >= 4 is 30.1 Å². The topological polar surface area (TPSA) is 32.3 Å². The second-order valence-electron chi connectivity index (χ2n) is 3.09. The van der Waals surface area contributed by atoms with Crippen LogP contribution >= 0.6 is 24.2 Å². The van der Waals surface area contributed by atoms with Crippen LogP contribution in [0, 0.1) is 0 Å². The van der Waals surface area contributed by atoms with E-state index in [9.17, 15) is 4.79 Å².